The molecule has 0 aromatic carbocycles. The molecule has 11 heavy (non-hydrogen) atoms. The van der Waals surface area contributed by atoms with Crippen LogP contribution in [0.25, 0.3) is 0 Å². The molecule has 68 valence electrons. The number of nitrogens with two attached hydrogens (primary N) is 3. The minimum absolute atomic E-state index is 0.126. The van der Waals surface area contributed by atoms with Gasteiger partial charge in [0.05, 0.1) is 10.9 Å². The van der Waals surface area contributed by atoms with E-state index in [1.807, 2.05) is 0 Å². The Bertz CT molecular complexity index is 133. The molecule has 0 aliphatic heterocycles. The van der Waals surface area contributed by atoms with E-state index in [1.165, 1.54) is 0 Å². The number of halogens is 3. The van der Waals surface area contributed by atoms with Crippen molar-refractivity contribution < 1.29 is 0 Å². The first-order chi connectivity index (χ1) is 4.75. The summed E-state index contributed by atoms with van der Waals surface area (Å²) >= 11 is 16.9. The van der Waals surface area contributed by atoms with Crippen molar-refractivity contribution in [3.63, 3.8) is 0 Å². The van der Waals surface area contributed by atoms with Crippen LogP contribution in [-0.2, 0) is 0 Å². The van der Waals surface area contributed by atoms with E-state index in [0.717, 1.165) is 0 Å². The van der Waals surface area contributed by atoms with E-state index in [2.05, 4.69) is 0 Å². The van der Waals surface area contributed by atoms with Gasteiger partial charge in [0.2, 0.25) is 0 Å². The van der Waals surface area contributed by atoms with Crippen molar-refractivity contribution in [3.05, 3.63) is 0 Å². The van der Waals surface area contributed by atoms with Gasteiger partial charge >= 0.3 is 0 Å². The van der Waals surface area contributed by atoms with Crippen LogP contribution in [0.3, 0.4) is 0 Å². The predicted molar refractivity (Wildman–Crippen MR) is 49.6 cm³/mol. The SMILES string of the molecule is CC(CN)(C(N)Cl)C(N)(Cl)Cl. The molecule has 0 aliphatic carbocycles. The molecule has 0 amide bonds. The van der Waals surface area contributed by atoms with Gasteiger partial charge in [-0.15, -0.1) is 11.6 Å². The summed E-state index contributed by atoms with van der Waals surface area (Å²) < 4.78 is -1.51. The highest BCUT2D eigenvalue weighted by Crippen LogP contribution is 2.38. The summed E-state index contributed by atoms with van der Waals surface area (Å²) in [6, 6.07) is 0. The van der Waals surface area contributed by atoms with E-state index >= 15 is 0 Å². The van der Waals surface area contributed by atoms with E-state index in [4.69, 9.17) is 52.0 Å². The Labute approximate surface area is 81.1 Å². The van der Waals surface area contributed by atoms with Gasteiger partial charge in [0.1, 0.15) is 0 Å². The summed E-state index contributed by atoms with van der Waals surface area (Å²) in [5.41, 5.74) is 14.5. The third kappa shape index (κ3) is 2.34. The van der Waals surface area contributed by atoms with E-state index in [-0.39, 0.29) is 6.54 Å². The molecule has 2 unspecified atom stereocenters. The zero-order valence-corrected chi connectivity index (χ0v) is 8.42. The monoisotopic (exact) mass is 219 g/mol. The lowest BCUT2D eigenvalue weighted by Crippen LogP contribution is -2.57. The average molecular weight is 221 g/mol. The molecule has 0 spiro atoms. The van der Waals surface area contributed by atoms with Crippen LogP contribution in [0, 0.1) is 5.41 Å². The molecular weight excluding hydrogens is 208 g/mol. The Morgan fingerprint density at radius 1 is 1.45 bits per heavy atom. The van der Waals surface area contributed by atoms with Crippen molar-refractivity contribution in [1.29, 1.82) is 0 Å². The third-order valence-corrected chi connectivity index (χ3v) is 3.14. The van der Waals surface area contributed by atoms with Crippen LogP contribution in [0.5, 0.6) is 0 Å². The summed E-state index contributed by atoms with van der Waals surface area (Å²) in [5, 5.41) is 0. The van der Waals surface area contributed by atoms with Gasteiger partial charge in [-0.3, -0.25) is 5.73 Å². The first-order valence-electron chi connectivity index (χ1n) is 3.02. The molecule has 0 radical (unpaired) electrons. The molecule has 0 fully saturated rings. The molecular formula is C5H12Cl3N3. The fourth-order valence-electron chi connectivity index (χ4n) is 0.433. The van der Waals surface area contributed by atoms with Crippen molar-refractivity contribution in [1.82, 2.24) is 0 Å². The summed E-state index contributed by atoms with van der Waals surface area (Å²) in [6.45, 7) is 1.76. The Hall–Kier alpha value is 0.750. The van der Waals surface area contributed by atoms with Gasteiger partial charge in [-0.05, 0) is 0 Å². The Morgan fingerprint density at radius 2 is 1.82 bits per heavy atom. The number of hydrogen-bond acceptors (Lipinski definition) is 3. The molecule has 3 nitrogen and oxygen atoms in total. The molecule has 6 heteroatoms. The van der Waals surface area contributed by atoms with Gasteiger partial charge in [0, 0.05) is 6.54 Å². The van der Waals surface area contributed by atoms with Gasteiger partial charge in [0.15, 0.2) is 4.46 Å². The molecule has 0 saturated heterocycles. The van der Waals surface area contributed by atoms with Gasteiger partial charge in [-0.1, -0.05) is 30.1 Å². The minimum atomic E-state index is -1.51. The fraction of sp³-hybridized carbons (Fsp3) is 1.00. The highest BCUT2D eigenvalue weighted by atomic mass is 35.5. The van der Waals surface area contributed by atoms with Crippen LogP contribution in [-0.4, -0.2) is 16.5 Å². The maximum absolute atomic E-state index is 5.63. The summed E-state index contributed by atoms with van der Waals surface area (Å²) in [6.07, 6.45) is 0. The highest BCUT2D eigenvalue weighted by Gasteiger charge is 2.45. The number of alkyl halides is 3. The molecule has 0 rings (SSSR count). The molecule has 0 bridgehead atoms. The lowest BCUT2D eigenvalue weighted by Gasteiger charge is -2.38. The summed E-state index contributed by atoms with van der Waals surface area (Å²) in [7, 11) is 0. The molecule has 0 heterocycles. The minimum Gasteiger partial charge on any atom is -0.330 e. The smallest absolute Gasteiger partial charge is 0.175 e. The Kier molecular flexibility index (Phi) is 3.89. The second-order valence-corrected chi connectivity index (χ2v) is 4.50. The zero-order chi connectivity index (χ0) is 9.28. The largest absolute Gasteiger partial charge is 0.330 e. The molecule has 0 aromatic rings. The number of rotatable bonds is 3. The quantitative estimate of drug-likeness (QED) is 0.481. The normalized spacial score (nSPS) is 21.0. The van der Waals surface area contributed by atoms with Crippen molar-refractivity contribution in [2.24, 2.45) is 22.6 Å². The van der Waals surface area contributed by atoms with Crippen molar-refractivity contribution in [3.8, 4) is 0 Å². The first kappa shape index (κ1) is 11.8. The molecule has 2 atom stereocenters. The van der Waals surface area contributed by atoms with E-state index < -0.39 is 15.4 Å². The van der Waals surface area contributed by atoms with Gasteiger partial charge in [0.25, 0.3) is 0 Å². The van der Waals surface area contributed by atoms with Crippen molar-refractivity contribution >= 4 is 34.8 Å². The Morgan fingerprint density at radius 3 is 1.82 bits per heavy atom. The third-order valence-electron chi connectivity index (χ3n) is 1.79. The molecule has 6 N–H and O–H groups in total. The van der Waals surface area contributed by atoms with Crippen LogP contribution in [0.2, 0.25) is 0 Å². The summed E-state index contributed by atoms with van der Waals surface area (Å²) in [5.74, 6) is 0. The van der Waals surface area contributed by atoms with Crippen LogP contribution >= 0.6 is 34.8 Å². The first-order valence-corrected chi connectivity index (χ1v) is 4.21. The lowest BCUT2D eigenvalue weighted by atomic mass is 9.90. The molecule has 0 aliphatic rings. The van der Waals surface area contributed by atoms with E-state index in [1.54, 1.807) is 6.92 Å². The van der Waals surface area contributed by atoms with Gasteiger partial charge < -0.3 is 11.5 Å². The summed E-state index contributed by atoms with van der Waals surface area (Å²) in [4.78, 5) is 0. The van der Waals surface area contributed by atoms with Crippen LogP contribution in [0.15, 0.2) is 0 Å². The van der Waals surface area contributed by atoms with Crippen molar-refractivity contribution in [2.75, 3.05) is 6.54 Å². The van der Waals surface area contributed by atoms with Crippen molar-refractivity contribution in [2.45, 2.75) is 16.9 Å². The van der Waals surface area contributed by atoms with Gasteiger partial charge in [-0.25, -0.2) is 0 Å². The lowest BCUT2D eigenvalue weighted by molar-refractivity contribution is 0.281. The molecule has 0 saturated carbocycles. The van der Waals surface area contributed by atoms with Crippen LogP contribution in [0.1, 0.15) is 6.92 Å². The average Bonchev–Trinajstić information content (AvgIpc) is 1.83. The van der Waals surface area contributed by atoms with E-state index in [9.17, 15) is 0 Å². The predicted octanol–water partition coefficient (Wildman–Crippen LogP) is 0.565. The maximum Gasteiger partial charge on any atom is 0.175 e. The number of hydrogen-bond donors (Lipinski definition) is 3. The second-order valence-electron chi connectivity index (χ2n) is 2.65. The van der Waals surface area contributed by atoms with E-state index in [0.29, 0.717) is 0 Å². The molecule has 0 aromatic heterocycles. The maximum atomic E-state index is 5.63. The van der Waals surface area contributed by atoms with Crippen LogP contribution in [0.4, 0.5) is 0 Å². The Balaban J connectivity index is 4.61. The highest BCUT2D eigenvalue weighted by molar-refractivity contribution is 6.48. The van der Waals surface area contributed by atoms with Gasteiger partial charge in [-0.2, -0.15) is 0 Å². The standard InChI is InChI=1S/C5H12Cl3N3/c1-4(2-9,3(6)10)5(7,8)11/h3H,2,9-11H2,1H3. The topological polar surface area (TPSA) is 78.1 Å². The fourth-order valence-corrected chi connectivity index (χ4v) is 1.19. The second kappa shape index (κ2) is 3.64. The van der Waals surface area contributed by atoms with Crippen LogP contribution < -0.4 is 17.2 Å². The zero-order valence-electron chi connectivity index (χ0n) is 6.15.